The highest BCUT2D eigenvalue weighted by Crippen LogP contribution is 2.62. The van der Waals surface area contributed by atoms with E-state index in [1.807, 2.05) is 60.7 Å². The van der Waals surface area contributed by atoms with Crippen LogP contribution in [0.15, 0.2) is 188 Å². The summed E-state index contributed by atoms with van der Waals surface area (Å²) in [4.78, 5) is 15.2. The fourth-order valence-corrected chi connectivity index (χ4v) is 8.52. The summed E-state index contributed by atoms with van der Waals surface area (Å²) in [5.74, 6) is 3.62. The number of ether oxygens (including phenoxy) is 1. The molecule has 1 spiro atoms. The van der Waals surface area contributed by atoms with Gasteiger partial charge in [-0.1, -0.05) is 158 Å². The molecule has 9 aromatic rings. The van der Waals surface area contributed by atoms with Crippen LogP contribution in [0.3, 0.4) is 0 Å². The third-order valence-corrected chi connectivity index (χ3v) is 11.0. The van der Waals surface area contributed by atoms with Gasteiger partial charge < -0.3 is 4.74 Å². The van der Waals surface area contributed by atoms with Crippen molar-refractivity contribution in [2.75, 3.05) is 0 Å². The van der Waals surface area contributed by atoms with Gasteiger partial charge >= 0.3 is 0 Å². The third-order valence-electron chi connectivity index (χ3n) is 11.0. The lowest BCUT2D eigenvalue weighted by Crippen LogP contribution is -2.32. The Kier molecular flexibility index (Phi) is 6.73. The number of para-hydroxylation sites is 2. The number of hydrogen-bond acceptors (Lipinski definition) is 4. The van der Waals surface area contributed by atoms with Crippen LogP contribution in [0, 0.1) is 0 Å². The Morgan fingerprint density at radius 1 is 0.315 bits per heavy atom. The van der Waals surface area contributed by atoms with Crippen molar-refractivity contribution in [3.05, 3.63) is 210 Å². The maximum absolute atomic E-state index is 6.67. The van der Waals surface area contributed by atoms with E-state index in [1.54, 1.807) is 0 Å². The van der Waals surface area contributed by atoms with E-state index in [4.69, 9.17) is 19.7 Å². The van der Waals surface area contributed by atoms with Gasteiger partial charge in [-0.2, -0.15) is 0 Å². The van der Waals surface area contributed by atoms with E-state index in [9.17, 15) is 0 Å². The maximum Gasteiger partial charge on any atom is 0.164 e. The first kappa shape index (κ1) is 30.5. The molecule has 1 aromatic heterocycles. The lowest BCUT2D eigenvalue weighted by atomic mass is 9.65. The molecule has 4 heteroatoms. The van der Waals surface area contributed by atoms with Crippen molar-refractivity contribution in [1.29, 1.82) is 0 Å². The highest BCUT2D eigenvalue weighted by Gasteiger charge is 2.51. The minimum Gasteiger partial charge on any atom is -0.457 e. The maximum atomic E-state index is 6.67. The Labute approximate surface area is 313 Å². The van der Waals surface area contributed by atoms with Crippen molar-refractivity contribution >= 4 is 10.8 Å². The lowest BCUT2D eigenvalue weighted by molar-refractivity contribution is 0.436. The largest absolute Gasteiger partial charge is 0.457 e. The molecule has 8 aromatic carbocycles. The molecule has 0 bridgehead atoms. The van der Waals surface area contributed by atoms with Crippen LogP contribution >= 0.6 is 0 Å². The normalized spacial score (nSPS) is 13.1. The summed E-state index contributed by atoms with van der Waals surface area (Å²) in [7, 11) is 0. The summed E-state index contributed by atoms with van der Waals surface area (Å²) in [6, 6.07) is 66.3. The first-order valence-electron chi connectivity index (χ1n) is 18.3. The number of rotatable bonds is 4. The van der Waals surface area contributed by atoms with Gasteiger partial charge in [0.05, 0.1) is 5.41 Å². The SMILES string of the molecule is c1ccc(-c2nc(-c3ccccc3)nc(-c3ccc4c(c3)C3(c5ccccc5Oc5ccccc53)c3cc(-c5ccc6ccccc6c5)ccc3-4)n2)cc1. The second-order valence-electron chi connectivity index (χ2n) is 14.0. The minimum atomic E-state index is -0.656. The summed E-state index contributed by atoms with van der Waals surface area (Å²) < 4.78 is 6.67. The van der Waals surface area contributed by atoms with Gasteiger partial charge in [0, 0.05) is 27.8 Å². The molecule has 0 radical (unpaired) electrons. The molecule has 54 heavy (non-hydrogen) atoms. The third kappa shape index (κ3) is 4.60. The molecule has 4 nitrogen and oxygen atoms in total. The Morgan fingerprint density at radius 2 is 0.759 bits per heavy atom. The summed E-state index contributed by atoms with van der Waals surface area (Å²) in [6.45, 7) is 0. The first-order chi connectivity index (χ1) is 26.7. The Bertz CT molecular complexity index is 2820. The molecule has 0 atom stereocenters. The van der Waals surface area contributed by atoms with E-state index in [2.05, 4.69) is 127 Å². The van der Waals surface area contributed by atoms with Crippen molar-refractivity contribution in [3.63, 3.8) is 0 Å². The van der Waals surface area contributed by atoms with Crippen LogP contribution in [-0.2, 0) is 5.41 Å². The molecule has 11 rings (SSSR count). The predicted molar refractivity (Wildman–Crippen MR) is 216 cm³/mol. The van der Waals surface area contributed by atoms with E-state index in [-0.39, 0.29) is 0 Å². The molecule has 2 aliphatic rings. The highest BCUT2D eigenvalue weighted by atomic mass is 16.5. The van der Waals surface area contributed by atoms with Gasteiger partial charge in [0.1, 0.15) is 11.5 Å². The Hall–Kier alpha value is -7.17. The van der Waals surface area contributed by atoms with E-state index in [0.29, 0.717) is 17.5 Å². The van der Waals surface area contributed by atoms with E-state index in [1.165, 1.54) is 44.2 Å². The smallest absolute Gasteiger partial charge is 0.164 e. The fraction of sp³-hybridized carbons (Fsp3) is 0.0200. The van der Waals surface area contributed by atoms with Crippen molar-refractivity contribution in [3.8, 4) is 67.9 Å². The van der Waals surface area contributed by atoms with E-state index in [0.717, 1.165) is 39.3 Å². The molecular formula is C50H31N3O. The quantitative estimate of drug-likeness (QED) is 0.185. The number of aromatic nitrogens is 3. The number of fused-ring (bicyclic) bond motifs is 10. The van der Waals surface area contributed by atoms with E-state index < -0.39 is 5.41 Å². The van der Waals surface area contributed by atoms with Gasteiger partial charge in [-0.3, -0.25) is 0 Å². The Morgan fingerprint density at radius 3 is 1.37 bits per heavy atom. The van der Waals surface area contributed by atoms with Crippen LogP contribution in [0.2, 0.25) is 0 Å². The molecule has 0 saturated heterocycles. The van der Waals surface area contributed by atoms with Gasteiger partial charge in [0.2, 0.25) is 0 Å². The summed E-state index contributed by atoms with van der Waals surface area (Å²) in [5, 5.41) is 2.46. The number of nitrogens with zero attached hydrogens (tertiary/aromatic N) is 3. The number of hydrogen-bond donors (Lipinski definition) is 0. The number of benzene rings is 8. The average Bonchev–Trinajstić information content (AvgIpc) is 3.53. The van der Waals surface area contributed by atoms with Crippen LogP contribution in [0.4, 0.5) is 0 Å². The van der Waals surface area contributed by atoms with Crippen LogP contribution in [0.1, 0.15) is 22.3 Å². The average molecular weight is 690 g/mol. The van der Waals surface area contributed by atoms with Crippen LogP contribution in [0.25, 0.3) is 67.2 Å². The van der Waals surface area contributed by atoms with Crippen LogP contribution in [0.5, 0.6) is 11.5 Å². The molecule has 2 heterocycles. The van der Waals surface area contributed by atoms with Crippen molar-refractivity contribution in [2.24, 2.45) is 0 Å². The molecule has 0 N–H and O–H groups in total. The van der Waals surface area contributed by atoms with Gasteiger partial charge in [0.15, 0.2) is 17.5 Å². The monoisotopic (exact) mass is 689 g/mol. The first-order valence-corrected chi connectivity index (χ1v) is 18.3. The Balaban J connectivity index is 1.18. The van der Waals surface area contributed by atoms with Gasteiger partial charge in [-0.25, -0.2) is 15.0 Å². The molecule has 0 amide bonds. The summed E-state index contributed by atoms with van der Waals surface area (Å²) >= 11 is 0. The lowest BCUT2D eigenvalue weighted by Gasteiger charge is -2.39. The molecule has 1 aliphatic carbocycles. The van der Waals surface area contributed by atoms with Crippen molar-refractivity contribution < 1.29 is 4.74 Å². The van der Waals surface area contributed by atoms with Gasteiger partial charge in [0.25, 0.3) is 0 Å². The van der Waals surface area contributed by atoms with E-state index >= 15 is 0 Å². The zero-order valence-electron chi connectivity index (χ0n) is 29.1. The summed E-state index contributed by atoms with van der Waals surface area (Å²) in [6.07, 6.45) is 0. The standard InChI is InChI=1S/C50H31N3O/c1-3-14-33(15-4-1)47-51-48(34-16-5-2-6-17-34)53-49(52-47)38-26-28-40-39-27-25-37(36-24-23-32-13-7-8-18-35(32)29-36)30-43(39)50(44(40)31-38)41-19-9-11-21-45(41)54-46-22-12-10-20-42(46)50/h1-31H. The minimum absolute atomic E-state index is 0.627. The molecule has 0 saturated carbocycles. The second-order valence-corrected chi connectivity index (χ2v) is 14.0. The summed E-state index contributed by atoms with van der Waals surface area (Å²) in [5.41, 5.74) is 11.5. The predicted octanol–water partition coefficient (Wildman–Crippen LogP) is 12.2. The van der Waals surface area contributed by atoms with Crippen molar-refractivity contribution in [1.82, 2.24) is 15.0 Å². The zero-order valence-corrected chi connectivity index (χ0v) is 29.1. The van der Waals surface area contributed by atoms with Crippen LogP contribution in [-0.4, -0.2) is 15.0 Å². The van der Waals surface area contributed by atoms with Crippen molar-refractivity contribution in [2.45, 2.75) is 5.41 Å². The topological polar surface area (TPSA) is 47.9 Å². The molecule has 0 fully saturated rings. The van der Waals surface area contributed by atoms with Gasteiger partial charge in [-0.05, 0) is 74.5 Å². The zero-order chi connectivity index (χ0) is 35.6. The van der Waals surface area contributed by atoms with Gasteiger partial charge in [-0.15, -0.1) is 0 Å². The highest BCUT2D eigenvalue weighted by molar-refractivity contribution is 5.93. The van der Waals surface area contributed by atoms with Crippen LogP contribution < -0.4 is 4.74 Å². The molecule has 1 aliphatic heterocycles. The second kappa shape index (κ2) is 11.9. The fourth-order valence-electron chi connectivity index (χ4n) is 8.52. The molecular weight excluding hydrogens is 659 g/mol. The molecule has 252 valence electrons. The molecule has 0 unspecified atom stereocenters.